The highest BCUT2D eigenvalue weighted by molar-refractivity contribution is 5.81. The number of carbonyl (C=O) groups is 2. The molecule has 6 nitrogen and oxygen atoms in total. The monoisotopic (exact) mass is 379 g/mol. The van der Waals surface area contributed by atoms with Gasteiger partial charge in [-0.3, -0.25) is 0 Å². The van der Waals surface area contributed by atoms with Crippen LogP contribution in [0.25, 0.3) is 11.1 Å². The van der Waals surface area contributed by atoms with E-state index in [9.17, 15) is 14.7 Å². The number of terminal acetylenes is 1. The molecule has 1 aliphatic carbocycles. The summed E-state index contributed by atoms with van der Waals surface area (Å²) in [6.07, 6.45) is 3.50. The van der Waals surface area contributed by atoms with Gasteiger partial charge < -0.3 is 19.9 Å². The van der Waals surface area contributed by atoms with Crippen LogP contribution in [0.15, 0.2) is 48.5 Å². The van der Waals surface area contributed by atoms with Crippen molar-refractivity contribution < 1.29 is 24.2 Å². The van der Waals surface area contributed by atoms with Crippen molar-refractivity contribution in [2.45, 2.75) is 25.0 Å². The Bertz CT molecular complexity index is 872. The molecule has 28 heavy (non-hydrogen) atoms. The van der Waals surface area contributed by atoms with Gasteiger partial charge in [0.25, 0.3) is 0 Å². The summed E-state index contributed by atoms with van der Waals surface area (Å²) < 4.78 is 10.6. The number of hydrogen-bond acceptors (Lipinski definition) is 4. The van der Waals surface area contributed by atoms with E-state index in [1.807, 2.05) is 48.5 Å². The third kappa shape index (κ3) is 4.00. The second-order valence-corrected chi connectivity index (χ2v) is 6.51. The van der Waals surface area contributed by atoms with Gasteiger partial charge in [0.05, 0.1) is 6.10 Å². The van der Waals surface area contributed by atoms with Crippen molar-refractivity contribution in [3.05, 3.63) is 59.7 Å². The van der Waals surface area contributed by atoms with Crippen LogP contribution in [0.1, 0.15) is 24.0 Å². The van der Waals surface area contributed by atoms with Crippen LogP contribution in [-0.4, -0.2) is 42.5 Å². The minimum Gasteiger partial charge on any atom is -0.480 e. The van der Waals surface area contributed by atoms with E-state index in [0.29, 0.717) is 0 Å². The van der Waals surface area contributed by atoms with Crippen molar-refractivity contribution in [3.63, 3.8) is 0 Å². The number of nitrogens with one attached hydrogen (secondary N) is 1. The highest BCUT2D eigenvalue weighted by Gasteiger charge is 2.31. The number of aliphatic carboxylic acids is 1. The summed E-state index contributed by atoms with van der Waals surface area (Å²) in [5.41, 5.74) is 4.40. The molecule has 1 amide bonds. The number of fused-ring (bicyclic) bond motifs is 3. The topological polar surface area (TPSA) is 84.9 Å². The van der Waals surface area contributed by atoms with E-state index in [2.05, 4.69) is 11.2 Å². The Morgan fingerprint density at radius 3 is 2.25 bits per heavy atom. The van der Waals surface area contributed by atoms with E-state index in [4.69, 9.17) is 15.9 Å². The molecular weight excluding hydrogens is 358 g/mol. The maximum Gasteiger partial charge on any atom is 0.407 e. The van der Waals surface area contributed by atoms with E-state index in [-0.39, 0.29) is 19.1 Å². The van der Waals surface area contributed by atoms with Crippen LogP contribution in [-0.2, 0) is 14.3 Å². The fourth-order valence-electron chi connectivity index (χ4n) is 3.42. The smallest absolute Gasteiger partial charge is 0.407 e. The van der Waals surface area contributed by atoms with Crippen LogP contribution in [0, 0.1) is 12.3 Å². The fourth-order valence-corrected chi connectivity index (χ4v) is 3.42. The van der Waals surface area contributed by atoms with E-state index in [0.717, 1.165) is 22.3 Å². The van der Waals surface area contributed by atoms with Gasteiger partial charge in [-0.25, -0.2) is 9.59 Å². The van der Waals surface area contributed by atoms with Crippen molar-refractivity contribution >= 4 is 12.1 Å². The minimum absolute atomic E-state index is 0.0443. The van der Waals surface area contributed by atoms with Crippen molar-refractivity contribution in [2.75, 3.05) is 13.2 Å². The predicted molar refractivity (Wildman–Crippen MR) is 104 cm³/mol. The van der Waals surface area contributed by atoms with Gasteiger partial charge in [-0.05, 0) is 29.2 Å². The van der Waals surface area contributed by atoms with Gasteiger partial charge in [0.15, 0.2) is 6.04 Å². The molecule has 0 heterocycles. The molecule has 2 aromatic carbocycles. The van der Waals surface area contributed by atoms with Gasteiger partial charge in [0.1, 0.15) is 13.2 Å². The minimum atomic E-state index is -1.26. The number of hydrogen-bond donors (Lipinski definition) is 2. The maximum atomic E-state index is 12.2. The van der Waals surface area contributed by atoms with E-state index in [1.165, 1.54) is 6.92 Å². The molecule has 0 radical (unpaired) electrons. The molecule has 0 unspecified atom stereocenters. The normalized spacial score (nSPS) is 14.3. The number of amides is 1. The molecule has 2 aromatic rings. The molecule has 3 rings (SSSR count). The molecule has 0 saturated carbocycles. The fraction of sp³-hybridized carbons (Fsp3) is 0.273. The Morgan fingerprint density at radius 1 is 1.14 bits per heavy atom. The Labute approximate surface area is 163 Å². The largest absolute Gasteiger partial charge is 0.480 e. The third-order valence-electron chi connectivity index (χ3n) is 4.78. The lowest BCUT2D eigenvalue weighted by Crippen LogP contribution is -2.49. The summed E-state index contributed by atoms with van der Waals surface area (Å²) >= 11 is 0. The predicted octanol–water partition coefficient (Wildman–Crippen LogP) is 3.02. The molecule has 144 valence electrons. The van der Waals surface area contributed by atoms with Crippen molar-refractivity contribution in [1.29, 1.82) is 0 Å². The molecule has 0 spiro atoms. The zero-order valence-electron chi connectivity index (χ0n) is 15.4. The molecule has 6 heteroatoms. The first-order valence-corrected chi connectivity index (χ1v) is 8.92. The van der Waals surface area contributed by atoms with Crippen molar-refractivity contribution in [1.82, 2.24) is 5.32 Å². The number of alkyl carbamates (subject to hydrolysis) is 1. The molecule has 0 bridgehead atoms. The molecule has 0 saturated heterocycles. The van der Waals surface area contributed by atoms with Gasteiger partial charge in [-0.1, -0.05) is 54.5 Å². The van der Waals surface area contributed by atoms with Gasteiger partial charge in [-0.15, -0.1) is 6.42 Å². The van der Waals surface area contributed by atoms with Crippen LogP contribution in [0.3, 0.4) is 0 Å². The van der Waals surface area contributed by atoms with Crippen LogP contribution in [0.2, 0.25) is 0 Å². The molecule has 0 aromatic heterocycles. The van der Waals surface area contributed by atoms with Gasteiger partial charge >= 0.3 is 12.1 Å². The Morgan fingerprint density at radius 2 is 1.71 bits per heavy atom. The van der Waals surface area contributed by atoms with Crippen LogP contribution in [0.5, 0.6) is 0 Å². The number of carbonyl (C=O) groups excluding carboxylic acids is 1. The molecule has 2 atom stereocenters. The quantitative estimate of drug-likeness (QED) is 0.723. The average molecular weight is 379 g/mol. The molecule has 0 fully saturated rings. The Hall–Kier alpha value is -3.30. The molecular formula is C22H21NO5. The zero-order chi connectivity index (χ0) is 20.1. The number of rotatable bonds is 7. The van der Waals surface area contributed by atoms with Crippen LogP contribution < -0.4 is 5.32 Å². The molecule has 1 aliphatic rings. The Balaban J connectivity index is 1.68. The summed E-state index contributed by atoms with van der Waals surface area (Å²) in [7, 11) is 0. The Kier molecular flexibility index (Phi) is 5.97. The summed E-state index contributed by atoms with van der Waals surface area (Å²) in [5.74, 6) is 0.943. The third-order valence-corrected chi connectivity index (χ3v) is 4.78. The first kappa shape index (κ1) is 19.5. The number of ether oxygens (including phenoxy) is 2. The van der Waals surface area contributed by atoms with Gasteiger partial charge in [-0.2, -0.15) is 0 Å². The SMILES string of the molecule is C#CCO[C@H](C)[C@H](NC(=O)OCC1c2ccccc2-c2ccccc21)C(=O)O. The second kappa shape index (κ2) is 8.59. The average Bonchev–Trinajstić information content (AvgIpc) is 3.02. The van der Waals surface area contributed by atoms with E-state index >= 15 is 0 Å². The molecule has 0 aliphatic heterocycles. The molecule has 2 N–H and O–H groups in total. The first-order chi connectivity index (χ1) is 13.5. The maximum absolute atomic E-state index is 12.2. The summed E-state index contributed by atoms with van der Waals surface area (Å²) in [6, 6.07) is 14.7. The summed E-state index contributed by atoms with van der Waals surface area (Å²) in [5, 5.41) is 11.7. The number of carboxylic acid groups (broad SMARTS) is 1. The standard InChI is InChI=1S/C22H21NO5/c1-3-12-27-14(2)20(21(24)25)23-22(26)28-13-19-17-10-6-4-8-15(17)16-9-5-7-11-18(16)19/h1,4-11,14,19-20H,12-13H2,2H3,(H,23,26)(H,24,25)/t14-,20+/m1/s1. The second-order valence-electron chi connectivity index (χ2n) is 6.51. The number of carboxylic acids is 1. The van der Waals surface area contributed by atoms with E-state index in [1.54, 1.807) is 0 Å². The lowest BCUT2D eigenvalue weighted by Gasteiger charge is -2.21. The van der Waals surface area contributed by atoms with Crippen molar-refractivity contribution in [2.24, 2.45) is 0 Å². The summed E-state index contributed by atoms with van der Waals surface area (Å²) in [4.78, 5) is 23.6. The van der Waals surface area contributed by atoms with Crippen molar-refractivity contribution in [3.8, 4) is 23.5 Å². The zero-order valence-corrected chi connectivity index (χ0v) is 15.4. The van der Waals surface area contributed by atoms with Gasteiger partial charge in [0, 0.05) is 5.92 Å². The first-order valence-electron chi connectivity index (χ1n) is 8.92. The summed E-state index contributed by atoms with van der Waals surface area (Å²) in [6.45, 7) is 1.59. The van der Waals surface area contributed by atoms with Crippen LogP contribution >= 0.6 is 0 Å². The highest BCUT2D eigenvalue weighted by atomic mass is 16.6. The lowest BCUT2D eigenvalue weighted by atomic mass is 9.98. The van der Waals surface area contributed by atoms with Crippen LogP contribution in [0.4, 0.5) is 4.79 Å². The van der Waals surface area contributed by atoms with E-state index < -0.39 is 24.2 Å². The van der Waals surface area contributed by atoms with Gasteiger partial charge in [0.2, 0.25) is 0 Å². The number of benzene rings is 2. The lowest BCUT2D eigenvalue weighted by molar-refractivity contribution is -0.143. The highest BCUT2D eigenvalue weighted by Crippen LogP contribution is 2.44.